The van der Waals surface area contributed by atoms with Gasteiger partial charge in [0.05, 0.1) is 6.26 Å². The number of sulfonamides is 1. The maximum atomic E-state index is 10.8. The number of nitrogens with one attached hydrogen (secondary N) is 2. The lowest BCUT2D eigenvalue weighted by Crippen LogP contribution is -2.34. The van der Waals surface area contributed by atoms with E-state index in [0.717, 1.165) is 23.7 Å². The molecule has 0 aromatic heterocycles. The summed E-state index contributed by atoms with van der Waals surface area (Å²) in [5.74, 6) is 1.71. The van der Waals surface area contributed by atoms with Crippen LogP contribution in [0.15, 0.2) is 4.99 Å². The van der Waals surface area contributed by atoms with E-state index in [1.807, 2.05) is 0 Å². The topological polar surface area (TPSA) is 70.6 Å². The van der Waals surface area contributed by atoms with Crippen LogP contribution in [0.4, 0.5) is 0 Å². The second-order valence-corrected chi connectivity index (χ2v) is 6.50. The van der Waals surface area contributed by atoms with Crippen molar-refractivity contribution in [2.75, 3.05) is 31.6 Å². The number of rotatable bonds is 4. The standard InChI is InChI=1S/C8H17N3O2S2/c1-7-5-10-8(14-6-7)9-3-4-11-15(2,12)13/h7,11H,3-6H2,1-2H3,(H,9,10). The molecule has 1 aliphatic rings. The lowest BCUT2D eigenvalue weighted by molar-refractivity contribution is 0.587. The van der Waals surface area contributed by atoms with Crippen LogP contribution in [-0.4, -0.2) is 45.2 Å². The molecule has 0 spiro atoms. The number of hydrogen-bond donors (Lipinski definition) is 2. The Morgan fingerprint density at radius 3 is 2.80 bits per heavy atom. The van der Waals surface area contributed by atoms with Gasteiger partial charge in [-0.25, -0.2) is 13.1 Å². The van der Waals surface area contributed by atoms with Gasteiger partial charge >= 0.3 is 0 Å². The predicted molar refractivity (Wildman–Crippen MR) is 64.8 cm³/mol. The molecular formula is C8H17N3O2S2. The summed E-state index contributed by atoms with van der Waals surface area (Å²) in [5, 5.41) is 4.02. The summed E-state index contributed by atoms with van der Waals surface area (Å²) < 4.78 is 23.9. The fourth-order valence-electron chi connectivity index (χ4n) is 1.07. The van der Waals surface area contributed by atoms with Crippen LogP contribution in [0.5, 0.6) is 0 Å². The van der Waals surface area contributed by atoms with E-state index in [1.54, 1.807) is 11.8 Å². The molecule has 1 rings (SSSR count). The van der Waals surface area contributed by atoms with Gasteiger partial charge in [0.1, 0.15) is 0 Å². The normalized spacial score (nSPS) is 22.3. The second-order valence-electron chi connectivity index (χ2n) is 3.66. The third kappa shape index (κ3) is 6.01. The van der Waals surface area contributed by atoms with Crippen LogP contribution in [0.3, 0.4) is 0 Å². The maximum Gasteiger partial charge on any atom is 0.208 e. The van der Waals surface area contributed by atoms with Crippen LogP contribution < -0.4 is 10.0 Å². The number of aliphatic imine (C=N–C) groups is 1. The average Bonchev–Trinajstić information content (AvgIpc) is 2.14. The van der Waals surface area contributed by atoms with Gasteiger partial charge in [0.15, 0.2) is 5.17 Å². The fraction of sp³-hybridized carbons (Fsp3) is 0.875. The Bertz CT molecular complexity index is 327. The average molecular weight is 251 g/mol. The van der Waals surface area contributed by atoms with E-state index in [2.05, 4.69) is 22.0 Å². The van der Waals surface area contributed by atoms with Crippen LogP contribution in [0.25, 0.3) is 0 Å². The summed E-state index contributed by atoms with van der Waals surface area (Å²) in [4.78, 5) is 4.34. The molecule has 0 bridgehead atoms. The zero-order valence-electron chi connectivity index (χ0n) is 8.99. The van der Waals surface area contributed by atoms with Gasteiger partial charge in [0, 0.05) is 25.4 Å². The Labute approximate surface area is 95.2 Å². The van der Waals surface area contributed by atoms with Gasteiger partial charge < -0.3 is 5.32 Å². The highest BCUT2D eigenvalue weighted by Crippen LogP contribution is 2.15. The highest BCUT2D eigenvalue weighted by molar-refractivity contribution is 8.13. The monoisotopic (exact) mass is 251 g/mol. The van der Waals surface area contributed by atoms with Gasteiger partial charge in [-0.3, -0.25) is 4.99 Å². The molecule has 1 unspecified atom stereocenters. The lowest BCUT2D eigenvalue weighted by Gasteiger charge is -2.17. The minimum Gasteiger partial charge on any atom is -0.364 e. The first-order chi connectivity index (χ1) is 6.97. The molecule has 1 heterocycles. The van der Waals surface area contributed by atoms with Gasteiger partial charge in [-0.05, 0) is 5.92 Å². The van der Waals surface area contributed by atoms with E-state index in [4.69, 9.17) is 0 Å². The van der Waals surface area contributed by atoms with E-state index in [1.165, 1.54) is 0 Å². The molecule has 5 nitrogen and oxygen atoms in total. The van der Waals surface area contributed by atoms with Crippen LogP contribution in [0.2, 0.25) is 0 Å². The quantitative estimate of drug-likeness (QED) is 0.683. The van der Waals surface area contributed by atoms with Crippen molar-refractivity contribution in [3.05, 3.63) is 0 Å². The molecule has 7 heteroatoms. The third-order valence-electron chi connectivity index (χ3n) is 1.82. The first-order valence-electron chi connectivity index (χ1n) is 4.83. The summed E-state index contributed by atoms with van der Waals surface area (Å²) in [6.07, 6.45) is 1.15. The Morgan fingerprint density at radius 1 is 1.53 bits per heavy atom. The van der Waals surface area contributed by atoms with Crippen molar-refractivity contribution < 1.29 is 8.42 Å². The summed E-state index contributed by atoms with van der Waals surface area (Å²) in [6, 6.07) is 0. The Balaban J connectivity index is 2.16. The van der Waals surface area contributed by atoms with Crippen LogP contribution in [-0.2, 0) is 10.0 Å². The zero-order valence-corrected chi connectivity index (χ0v) is 10.6. The maximum absolute atomic E-state index is 10.8. The summed E-state index contributed by atoms with van der Waals surface area (Å²) in [6.45, 7) is 3.99. The second kappa shape index (κ2) is 5.72. The summed E-state index contributed by atoms with van der Waals surface area (Å²) in [5.41, 5.74) is 0. The molecular weight excluding hydrogens is 234 g/mol. The van der Waals surface area contributed by atoms with Gasteiger partial charge in [-0.15, -0.1) is 0 Å². The number of thioether (sulfide) groups is 1. The first kappa shape index (κ1) is 12.8. The SMILES string of the molecule is CC1CN=C(NCCNS(C)(=O)=O)SC1. The largest absolute Gasteiger partial charge is 0.364 e. The molecule has 15 heavy (non-hydrogen) atoms. The van der Waals surface area contributed by atoms with Gasteiger partial charge in [0.2, 0.25) is 10.0 Å². The molecule has 0 aromatic carbocycles. The molecule has 2 N–H and O–H groups in total. The third-order valence-corrected chi connectivity index (χ3v) is 3.83. The molecule has 0 amide bonds. The predicted octanol–water partition coefficient (Wildman–Crippen LogP) is -0.136. The van der Waals surface area contributed by atoms with Crippen LogP contribution >= 0.6 is 11.8 Å². The van der Waals surface area contributed by atoms with E-state index in [0.29, 0.717) is 19.0 Å². The molecule has 0 aromatic rings. The number of amidine groups is 1. The summed E-state index contributed by atoms with van der Waals surface area (Å²) >= 11 is 1.69. The van der Waals surface area contributed by atoms with Crippen molar-refractivity contribution in [1.82, 2.24) is 10.0 Å². The highest BCUT2D eigenvalue weighted by Gasteiger charge is 2.11. The van der Waals surface area contributed by atoms with E-state index in [9.17, 15) is 8.42 Å². The Hall–Kier alpha value is -0.270. The van der Waals surface area contributed by atoms with Crippen molar-refractivity contribution >= 4 is 27.0 Å². The van der Waals surface area contributed by atoms with Crippen LogP contribution in [0.1, 0.15) is 6.92 Å². The molecule has 0 radical (unpaired) electrons. The van der Waals surface area contributed by atoms with Crippen molar-refractivity contribution in [3.63, 3.8) is 0 Å². The van der Waals surface area contributed by atoms with Gasteiger partial charge in [-0.2, -0.15) is 0 Å². The van der Waals surface area contributed by atoms with Crippen molar-refractivity contribution in [1.29, 1.82) is 0 Å². The van der Waals surface area contributed by atoms with Crippen LogP contribution in [0, 0.1) is 5.92 Å². The highest BCUT2D eigenvalue weighted by atomic mass is 32.2. The molecule has 0 fully saturated rings. The molecule has 1 aliphatic heterocycles. The molecule has 0 saturated carbocycles. The van der Waals surface area contributed by atoms with E-state index >= 15 is 0 Å². The van der Waals surface area contributed by atoms with Crippen molar-refractivity contribution in [2.45, 2.75) is 6.92 Å². The number of hydrogen-bond acceptors (Lipinski definition) is 5. The van der Waals surface area contributed by atoms with Gasteiger partial charge in [0.25, 0.3) is 0 Å². The Kier molecular flexibility index (Phi) is 4.88. The van der Waals surface area contributed by atoms with E-state index < -0.39 is 10.0 Å². The number of nitrogens with zero attached hydrogens (tertiary/aromatic N) is 1. The lowest BCUT2D eigenvalue weighted by atomic mass is 10.2. The van der Waals surface area contributed by atoms with E-state index in [-0.39, 0.29) is 0 Å². The van der Waals surface area contributed by atoms with Crippen molar-refractivity contribution in [2.24, 2.45) is 10.9 Å². The smallest absolute Gasteiger partial charge is 0.208 e. The molecule has 0 aliphatic carbocycles. The first-order valence-corrected chi connectivity index (χ1v) is 7.71. The van der Waals surface area contributed by atoms with Gasteiger partial charge in [-0.1, -0.05) is 18.7 Å². The zero-order chi connectivity index (χ0) is 11.3. The molecule has 1 atom stereocenters. The molecule has 0 saturated heterocycles. The van der Waals surface area contributed by atoms with Crippen molar-refractivity contribution in [3.8, 4) is 0 Å². The Morgan fingerprint density at radius 2 is 2.27 bits per heavy atom. The fourth-order valence-corrected chi connectivity index (χ4v) is 2.46. The minimum absolute atomic E-state index is 0.397. The molecule has 88 valence electrons. The summed E-state index contributed by atoms with van der Waals surface area (Å²) in [7, 11) is -3.07. The minimum atomic E-state index is -3.07.